The molecule has 0 radical (unpaired) electrons. The third kappa shape index (κ3) is 4.90. The molecule has 2 N–H and O–H groups in total. The Morgan fingerprint density at radius 3 is 2.54 bits per heavy atom. The van der Waals surface area contributed by atoms with Gasteiger partial charge in [-0.25, -0.2) is 4.79 Å². The Labute approximate surface area is 156 Å². The van der Waals surface area contributed by atoms with E-state index < -0.39 is 5.41 Å². The van der Waals surface area contributed by atoms with Crippen molar-refractivity contribution in [3.63, 3.8) is 0 Å². The van der Waals surface area contributed by atoms with Crippen LogP contribution in [-0.2, 0) is 4.79 Å². The first-order chi connectivity index (χ1) is 11.9. The maximum absolute atomic E-state index is 13.0. The molecule has 0 saturated heterocycles. The van der Waals surface area contributed by atoms with Gasteiger partial charge in [-0.05, 0) is 58.7 Å². The highest BCUT2D eigenvalue weighted by atomic mass is 16.5. The van der Waals surface area contributed by atoms with Crippen LogP contribution < -0.4 is 20.3 Å². The first-order valence-electron chi connectivity index (χ1n) is 9.07. The van der Waals surface area contributed by atoms with Crippen LogP contribution in [0.5, 0.6) is 5.75 Å². The van der Waals surface area contributed by atoms with E-state index in [9.17, 15) is 9.59 Å². The van der Waals surface area contributed by atoms with Crippen molar-refractivity contribution in [2.75, 3.05) is 23.4 Å². The van der Waals surface area contributed by atoms with Crippen LogP contribution in [0.4, 0.5) is 16.2 Å². The molecular formula is C20H31N3O3. The molecule has 2 rings (SSSR count). The van der Waals surface area contributed by atoms with E-state index in [0.29, 0.717) is 36.2 Å². The smallest absolute Gasteiger partial charge is 0.319 e. The Bertz CT molecular complexity index is 690. The number of hydrogen-bond donors (Lipinski definition) is 2. The lowest BCUT2D eigenvalue weighted by Gasteiger charge is -2.29. The zero-order valence-corrected chi connectivity index (χ0v) is 16.9. The summed E-state index contributed by atoms with van der Waals surface area (Å²) in [5.41, 5.74) is 0.381. The average molecular weight is 361 g/mol. The number of nitrogens with zero attached hydrogens (tertiary/aromatic N) is 1. The number of hydrogen-bond acceptors (Lipinski definition) is 3. The van der Waals surface area contributed by atoms with Gasteiger partial charge in [0.1, 0.15) is 12.4 Å². The van der Waals surface area contributed by atoms with Crippen molar-refractivity contribution < 1.29 is 14.3 Å². The standard InChI is InChI=1S/C20H31N3O3/c1-13(2)11-23-15-10-14(21-18(25)22-19(3,4)5)8-9-16(15)26-12-20(6,7)17(23)24/h8-10,13H,11-12H2,1-7H3,(H2,21,22,25). The largest absolute Gasteiger partial charge is 0.490 e. The molecule has 144 valence electrons. The summed E-state index contributed by atoms with van der Waals surface area (Å²) in [6.45, 7) is 14.6. The normalized spacial score (nSPS) is 16.6. The molecule has 1 aromatic carbocycles. The molecule has 26 heavy (non-hydrogen) atoms. The fourth-order valence-electron chi connectivity index (χ4n) is 2.77. The number of carbonyl (C=O) groups excluding carboxylic acids is 2. The van der Waals surface area contributed by atoms with Crippen LogP contribution in [0.3, 0.4) is 0 Å². The van der Waals surface area contributed by atoms with Crippen LogP contribution in [0, 0.1) is 11.3 Å². The predicted octanol–water partition coefficient (Wildman–Crippen LogP) is 4.01. The van der Waals surface area contributed by atoms with E-state index >= 15 is 0 Å². The van der Waals surface area contributed by atoms with Gasteiger partial charge in [-0.1, -0.05) is 13.8 Å². The van der Waals surface area contributed by atoms with Crippen molar-refractivity contribution in [2.24, 2.45) is 11.3 Å². The van der Waals surface area contributed by atoms with Crippen LogP contribution in [0.25, 0.3) is 0 Å². The number of benzene rings is 1. The Hall–Kier alpha value is -2.24. The maximum atomic E-state index is 13.0. The number of amides is 3. The molecule has 0 aromatic heterocycles. The maximum Gasteiger partial charge on any atom is 0.319 e. The quantitative estimate of drug-likeness (QED) is 0.854. The molecule has 3 amide bonds. The van der Waals surface area contributed by atoms with Crippen LogP contribution in [0.1, 0.15) is 48.5 Å². The van der Waals surface area contributed by atoms with Crippen molar-refractivity contribution in [1.29, 1.82) is 0 Å². The Balaban J connectivity index is 2.35. The molecule has 0 saturated carbocycles. The van der Waals surface area contributed by atoms with Crippen LogP contribution in [0.2, 0.25) is 0 Å². The number of nitrogens with one attached hydrogen (secondary N) is 2. The first kappa shape index (κ1) is 20.1. The minimum atomic E-state index is -0.606. The van der Waals surface area contributed by atoms with Crippen LogP contribution in [0.15, 0.2) is 18.2 Å². The first-order valence-corrected chi connectivity index (χ1v) is 9.07. The zero-order chi connectivity index (χ0) is 19.7. The summed E-state index contributed by atoms with van der Waals surface area (Å²) in [5, 5.41) is 5.70. The Morgan fingerprint density at radius 1 is 1.31 bits per heavy atom. The van der Waals surface area contributed by atoms with Gasteiger partial charge in [-0.3, -0.25) is 4.79 Å². The van der Waals surface area contributed by atoms with Gasteiger partial charge in [0.25, 0.3) is 0 Å². The molecule has 6 heteroatoms. The van der Waals surface area contributed by atoms with Crippen molar-refractivity contribution in [3.05, 3.63) is 18.2 Å². The van der Waals surface area contributed by atoms with Gasteiger partial charge in [-0.2, -0.15) is 0 Å². The molecule has 1 aliphatic rings. The summed E-state index contributed by atoms with van der Waals surface area (Å²) >= 11 is 0. The SMILES string of the molecule is CC(C)CN1C(=O)C(C)(C)COc2ccc(NC(=O)NC(C)(C)C)cc21. The van der Waals surface area contributed by atoms with Gasteiger partial charge in [-0.15, -0.1) is 0 Å². The second kappa shape index (κ2) is 7.17. The molecule has 1 aliphatic heterocycles. The van der Waals surface area contributed by atoms with Gasteiger partial charge >= 0.3 is 6.03 Å². The number of urea groups is 1. The minimum Gasteiger partial charge on any atom is -0.490 e. The molecule has 0 aliphatic carbocycles. The average Bonchev–Trinajstić information content (AvgIpc) is 2.56. The Kier molecular flexibility index (Phi) is 5.54. The summed E-state index contributed by atoms with van der Waals surface area (Å²) < 4.78 is 5.90. The lowest BCUT2D eigenvalue weighted by Crippen LogP contribution is -2.44. The van der Waals surface area contributed by atoms with Crippen molar-refractivity contribution in [1.82, 2.24) is 5.32 Å². The van der Waals surface area contributed by atoms with Crippen molar-refractivity contribution in [3.8, 4) is 5.75 Å². The van der Waals surface area contributed by atoms with E-state index in [1.165, 1.54) is 0 Å². The van der Waals surface area contributed by atoms with E-state index in [4.69, 9.17) is 4.74 Å². The van der Waals surface area contributed by atoms with E-state index in [-0.39, 0.29) is 17.5 Å². The number of rotatable bonds is 3. The number of fused-ring (bicyclic) bond motifs is 1. The van der Waals surface area contributed by atoms with E-state index in [0.717, 1.165) is 0 Å². The topological polar surface area (TPSA) is 70.7 Å². The Morgan fingerprint density at radius 2 is 1.96 bits per heavy atom. The molecule has 0 unspecified atom stereocenters. The van der Waals surface area contributed by atoms with E-state index in [2.05, 4.69) is 24.5 Å². The molecule has 0 fully saturated rings. The van der Waals surface area contributed by atoms with Crippen molar-refractivity contribution in [2.45, 2.75) is 54.0 Å². The fourth-order valence-corrected chi connectivity index (χ4v) is 2.77. The summed E-state index contributed by atoms with van der Waals surface area (Å²) in [7, 11) is 0. The van der Waals surface area contributed by atoms with Crippen LogP contribution >= 0.6 is 0 Å². The second-order valence-corrected chi connectivity index (χ2v) is 8.99. The molecule has 1 aromatic rings. The molecule has 0 atom stereocenters. The number of ether oxygens (including phenoxy) is 1. The highest BCUT2D eigenvalue weighted by Crippen LogP contribution is 2.38. The molecule has 1 heterocycles. The van der Waals surface area contributed by atoms with Crippen LogP contribution in [-0.4, -0.2) is 30.6 Å². The summed E-state index contributed by atoms with van der Waals surface area (Å²) in [6.07, 6.45) is 0. The number of anilines is 2. The predicted molar refractivity (Wildman–Crippen MR) is 105 cm³/mol. The number of carbonyl (C=O) groups is 2. The lowest BCUT2D eigenvalue weighted by atomic mass is 9.92. The third-order valence-corrected chi connectivity index (χ3v) is 3.96. The zero-order valence-electron chi connectivity index (χ0n) is 16.9. The summed E-state index contributed by atoms with van der Waals surface area (Å²) in [4.78, 5) is 27.0. The molecule has 6 nitrogen and oxygen atoms in total. The highest BCUT2D eigenvalue weighted by molar-refractivity contribution is 6.00. The summed E-state index contributed by atoms with van der Waals surface area (Å²) in [6, 6.07) is 5.12. The monoisotopic (exact) mass is 361 g/mol. The molecule has 0 spiro atoms. The van der Waals surface area contributed by atoms with E-state index in [1.807, 2.05) is 40.7 Å². The molecule has 0 bridgehead atoms. The van der Waals surface area contributed by atoms with Gasteiger partial charge in [0.05, 0.1) is 11.1 Å². The molecular weight excluding hydrogens is 330 g/mol. The second-order valence-electron chi connectivity index (χ2n) is 8.99. The van der Waals surface area contributed by atoms with Gasteiger partial charge < -0.3 is 20.3 Å². The van der Waals surface area contributed by atoms with Gasteiger partial charge in [0.15, 0.2) is 0 Å². The summed E-state index contributed by atoms with van der Waals surface area (Å²) in [5.74, 6) is 0.995. The van der Waals surface area contributed by atoms with Gasteiger partial charge in [0, 0.05) is 17.8 Å². The fraction of sp³-hybridized carbons (Fsp3) is 0.600. The highest BCUT2D eigenvalue weighted by Gasteiger charge is 2.38. The third-order valence-electron chi connectivity index (χ3n) is 3.96. The lowest BCUT2D eigenvalue weighted by molar-refractivity contribution is -0.127. The van der Waals surface area contributed by atoms with Crippen molar-refractivity contribution >= 4 is 23.3 Å². The minimum absolute atomic E-state index is 0.0289. The van der Waals surface area contributed by atoms with Gasteiger partial charge in [0.2, 0.25) is 5.91 Å². The van der Waals surface area contributed by atoms with E-state index in [1.54, 1.807) is 17.0 Å².